The van der Waals surface area contributed by atoms with E-state index < -0.39 is 11.7 Å². The Kier molecular flexibility index (Phi) is 12.3. The topological polar surface area (TPSA) is 56.8 Å². The molecule has 2 atom stereocenters. The Labute approximate surface area is 204 Å². The van der Waals surface area contributed by atoms with E-state index in [9.17, 15) is 4.79 Å². The maximum Gasteiger partial charge on any atom is 0.407 e. The number of ether oxygens (including phenoxy) is 3. The molecule has 0 heterocycles. The Morgan fingerprint density at radius 1 is 1.15 bits per heavy atom. The molecule has 0 saturated carbocycles. The second-order valence-corrected chi connectivity index (χ2v) is 9.59. The molecule has 1 aromatic rings. The van der Waals surface area contributed by atoms with E-state index in [1.807, 2.05) is 71.9 Å². The van der Waals surface area contributed by atoms with Gasteiger partial charge in [-0.2, -0.15) is 0 Å². The van der Waals surface area contributed by atoms with Gasteiger partial charge in [0.15, 0.2) is 0 Å². The maximum atomic E-state index is 12.5. The average molecular weight is 478 g/mol. The van der Waals surface area contributed by atoms with Crippen molar-refractivity contribution in [2.45, 2.75) is 66.0 Å². The molecular weight excluding hydrogens is 438 g/mol. The second-order valence-electron chi connectivity index (χ2n) is 8.99. The van der Waals surface area contributed by atoms with Gasteiger partial charge in [0, 0.05) is 23.6 Å². The number of nitrogens with one attached hydrogen (secondary N) is 1. The Bertz CT molecular complexity index is 804. The largest absolute Gasteiger partial charge is 0.498 e. The van der Waals surface area contributed by atoms with Crippen molar-refractivity contribution in [3.8, 4) is 0 Å². The molecule has 1 N–H and O–H groups in total. The van der Waals surface area contributed by atoms with Crippen molar-refractivity contribution in [1.82, 2.24) is 5.32 Å². The minimum absolute atomic E-state index is 0.0549. The van der Waals surface area contributed by atoms with Gasteiger partial charge in [-0.25, -0.2) is 4.79 Å². The van der Waals surface area contributed by atoms with Crippen molar-refractivity contribution in [2.24, 2.45) is 5.92 Å². The van der Waals surface area contributed by atoms with Crippen molar-refractivity contribution >= 4 is 23.3 Å². The highest BCUT2D eigenvalue weighted by Gasteiger charge is 2.25. The van der Waals surface area contributed by atoms with E-state index in [1.54, 1.807) is 0 Å². The Morgan fingerprint density at radius 2 is 1.79 bits per heavy atom. The zero-order valence-corrected chi connectivity index (χ0v) is 21.8. The SMILES string of the molecule is C=C(C=C(C)Cl)c1ccc(CC(CC(COCC)C(=C)OCC)NC(=O)OC(C)(C)C)cc1. The summed E-state index contributed by atoms with van der Waals surface area (Å²) in [5.41, 5.74) is 2.35. The number of hydrogen-bond acceptors (Lipinski definition) is 4. The lowest BCUT2D eigenvalue weighted by atomic mass is 9.93. The van der Waals surface area contributed by atoms with Gasteiger partial charge in [-0.15, -0.1) is 0 Å². The molecule has 0 spiro atoms. The molecule has 0 aliphatic carbocycles. The van der Waals surface area contributed by atoms with Crippen LogP contribution in [0.15, 0.2) is 54.3 Å². The van der Waals surface area contributed by atoms with Crippen molar-refractivity contribution in [1.29, 1.82) is 0 Å². The Balaban J connectivity index is 3.05. The van der Waals surface area contributed by atoms with E-state index in [0.29, 0.717) is 43.5 Å². The molecule has 1 aromatic carbocycles. The van der Waals surface area contributed by atoms with E-state index in [2.05, 4.69) is 18.5 Å². The fourth-order valence-electron chi connectivity index (χ4n) is 3.33. The number of allylic oxidation sites excluding steroid dienone is 3. The van der Waals surface area contributed by atoms with E-state index in [0.717, 1.165) is 16.7 Å². The zero-order valence-electron chi connectivity index (χ0n) is 21.0. The maximum absolute atomic E-state index is 12.5. The third-order valence-corrected chi connectivity index (χ3v) is 4.89. The molecule has 0 bridgehead atoms. The summed E-state index contributed by atoms with van der Waals surface area (Å²) < 4.78 is 16.8. The first-order chi connectivity index (χ1) is 15.4. The highest BCUT2D eigenvalue weighted by atomic mass is 35.5. The standard InChI is InChI=1S/C27H40ClNO4/c1-9-31-18-24(21(5)32-10-2)17-25(29-26(30)33-27(6,7)8)16-22-11-13-23(14-12-22)19(3)15-20(4)28/h11-15,24-25H,3,5,9-10,16-18H2,1-2,4,6-8H3,(H,29,30). The number of carbonyl (C=O) groups is 1. The van der Waals surface area contributed by atoms with Crippen molar-refractivity contribution in [3.05, 3.63) is 65.4 Å². The number of amides is 1. The molecule has 1 rings (SSSR count). The molecule has 5 nitrogen and oxygen atoms in total. The van der Waals surface area contributed by atoms with Crippen LogP contribution < -0.4 is 5.32 Å². The molecule has 184 valence electrons. The Hall–Kier alpha value is -2.24. The lowest BCUT2D eigenvalue weighted by Crippen LogP contribution is -2.42. The molecule has 6 heteroatoms. The fourth-order valence-corrected chi connectivity index (χ4v) is 3.46. The summed E-state index contributed by atoms with van der Waals surface area (Å²) in [4.78, 5) is 12.5. The van der Waals surface area contributed by atoms with Gasteiger partial charge in [-0.3, -0.25) is 0 Å². The van der Waals surface area contributed by atoms with Crippen molar-refractivity contribution < 1.29 is 19.0 Å². The summed E-state index contributed by atoms with van der Waals surface area (Å²) in [7, 11) is 0. The van der Waals surface area contributed by atoms with E-state index >= 15 is 0 Å². The van der Waals surface area contributed by atoms with Crippen LogP contribution in [0.1, 0.15) is 59.1 Å². The molecule has 0 aliphatic rings. The van der Waals surface area contributed by atoms with Crippen LogP contribution in [-0.4, -0.2) is 37.6 Å². The van der Waals surface area contributed by atoms with Gasteiger partial charge in [-0.05, 0) is 77.2 Å². The summed E-state index contributed by atoms with van der Waals surface area (Å²) in [5.74, 6) is 0.609. The van der Waals surface area contributed by atoms with Crippen LogP contribution in [0.25, 0.3) is 5.57 Å². The smallest absolute Gasteiger partial charge is 0.407 e. The molecule has 0 saturated heterocycles. The molecule has 0 radical (unpaired) electrons. The van der Waals surface area contributed by atoms with E-state index in [4.69, 9.17) is 25.8 Å². The van der Waals surface area contributed by atoms with Crippen LogP contribution in [0.3, 0.4) is 0 Å². The zero-order chi connectivity index (χ0) is 25.0. The van der Waals surface area contributed by atoms with Crippen LogP contribution in [0.4, 0.5) is 4.79 Å². The number of alkyl carbamates (subject to hydrolysis) is 1. The van der Waals surface area contributed by atoms with Crippen LogP contribution in [0.2, 0.25) is 0 Å². The van der Waals surface area contributed by atoms with Gasteiger partial charge in [0.05, 0.1) is 19.0 Å². The molecule has 0 fully saturated rings. The molecule has 0 aliphatic heterocycles. The van der Waals surface area contributed by atoms with Crippen molar-refractivity contribution in [2.75, 3.05) is 19.8 Å². The highest BCUT2D eigenvalue weighted by Crippen LogP contribution is 2.22. The van der Waals surface area contributed by atoms with Gasteiger partial charge in [0.2, 0.25) is 0 Å². The van der Waals surface area contributed by atoms with Crippen LogP contribution in [0, 0.1) is 5.92 Å². The molecule has 2 unspecified atom stereocenters. The number of halogens is 1. The van der Waals surface area contributed by atoms with Gasteiger partial charge in [0.1, 0.15) is 5.60 Å². The lowest BCUT2D eigenvalue weighted by Gasteiger charge is -2.27. The summed E-state index contributed by atoms with van der Waals surface area (Å²) >= 11 is 5.97. The third kappa shape index (κ3) is 12.0. The predicted molar refractivity (Wildman–Crippen MR) is 137 cm³/mol. The first-order valence-corrected chi connectivity index (χ1v) is 11.8. The van der Waals surface area contributed by atoms with Gasteiger partial charge in [0.25, 0.3) is 0 Å². The van der Waals surface area contributed by atoms with Crippen LogP contribution in [-0.2, 0) is 20.6 Å². The average Bonchev–Trinajstić information content (AvgIpc) is 2.69. The summed E-state index contributed by atoms with van der Waals surface area (Å²) in [5, 5.41) is 3.71. The minimum atomic E-state index is -0.579. The molecule has 33 heavy (non-hydrogen) atoms. The summed E-state index contributed by atoms with van der Waals surface area (Å²) in [6.07, 6.45) is 2.62. The molecule has 0 aromatic heterocycles. The van der Waals surface area contributed by atoms with Crippen LogP contribution >= 0.6 is 11.6 Å². The molecule has 1 amide bonds. The van der Waals surface area contributed by atoms with Gasteiger partial charge in [-0.1, -0.05) is 49.0 Å². The fraction of sp³-hybridized carbons (Fsp3) is 0.519. The second kappa shape index (κ2) is 14.1. The number of rotatable bonds is 13. The van der Waals surface area contributed by atoms with E-state index in [1.165, 1.54) is 0 Å². The van der Waals surface area contributed by atoms with Crippen LogP contribution in [0.5, 0.6) is 0 Å². The number of benzene rings is 1. The summed E-state index contributed by atoms with van der Waals surface area (Å²) in [6, 6.07) is 7.90. The Morgan fingerprint density at radius 3 is 2.30 bits per heavy atom. The number of carbonyl (C=O) groups excluding carboxylic acids is 1. The normalized spacial score (nSPS) is 13.7. The van der Waals surface area contributed by atoms with Crippen molar-refractivity contribution in [3.63, 3.8) is 0 Å². The van der Waals surface area contributed by atoms with Gasteiger partial charge >= 0.3 is 6.09 Å². The predicted octanol–water partition coefficient (Wildman–Crippen LogP) is 6.87. The monoisotopic (exact) mass is 477 g/mol. The molecular formula is C27H40ClNO4. The highest BCUT2D eigenvalue weighted by molar-refractivity contribution is 6.29. The summed E-state index contributed by atoms with van der Waals surface area (Å²) in [6.45, 7) is 21.0. The first-order valence-electron chi connectivity index (χ1n) is 11.5. The third-order valence-electron chi connectivity index (χ3n) is 4.78. The number of hydrogen-bond donors (Lipinski definition) is 1. The minimum Gasteiger partial charge on any atom is -0.498 e. The first kappa shape index (κ1) is 28.8. The lowest BCUT2D eigenvalue weighted by molar-refractivity contribution is 0.0471. The van der Waals surface area contributed by atoms with E-state index in [-0.39, 0.29) is 12.0 Å². The quantitative estimate of drug-likeness (QED) is 0.249. The van der Waals surface area contributed by atoms with Gasteiger partial charge < -0.3 is 19.5 Å².